The summed E-state index contributed by atoms with van der Waals surface area (Å²) in [5.41, 5.74) is 3.60. The van der Waals surface area contributed by atoms with Gasteiger partial charge in [0.25, 0.3) is 5.91 Å². The van der Waals surface area contributed by atoms with Gasteiger partial charge in [0.1, 0.15) is 11.7 Å². The highest BCUT2D eigenvalue weighted by Gasteiger charge is 2.22. The number of aromatic nitrogens is 1. The third-order valence-electron chi connectivity index (χ3n) is 5.91. The molecule has 7 heteroatoms. The van der Waals surface area contributed by atoms with Gasteiger partial charge in [-0.05, 0) is 74.4 Å². The minimum atomic E-state index is -0.521. The van der Waals surface area contributed by atoms with Crippen LogP contribution in [0.4, 0.5) is 4.79 Å². The predicted octanol–water partition coefficient (Wildman–Crippen LogP) is 5.20. The quantitative estimate of drug-likeness (QED) is 0.417. The first-order valence-electron chi connectivity index (χ1n) is 11.8. The average Bonchev–Trinajstić information content (AvgIpc) is 3.20. The van der Waals surface area contributed by atoms with Crippen molar-refractivity contribution >= 4 is 22.9 Å². The van der Waals surface area contributed by atoms with Crippen LogP contribution in [0.1, 0.15) is 68.1 Å². The van der Waals surface area contributed by atoms with Gasteiger partial charge in [0, 0.05) is 35.8 Å². The van der Waals surface area contributed by atoms with Crippen LogP contribution in [0.15, 0.2) is 48.7 Å². The summed E-state index contributed by atoms with van der Waals surface area (Å²) in [5, 5.41) is 15.9. The molecule has 0 atom stereocenters. The van der Waals surface area contributed by atoms with Crippen molar-refractivity contribution in [1.29, 1.82) is 5.26 Å². The third kappa shape index (κ3) is 7.10. The van der Waals surface area contributed by atoms with Crippen LogP contribution in [0, 0.1) is 11.3 Å². The zero-order valence-electron chi connectivity index (χ0n) is 21.1. The maximum atomic E-state index is 12.6. The highest BCUT2D eigenvalue weighted by Crippen LogP contribution is 2.27. The van der Waals surface area contributed by atoms with Gasteiger partial charge < -0.3 is 20.4 Å². The molecule has 1 heterocycles. The molecule has 0 saturated heterocycles. The topological polar surface area (TPSA) is 107 Å². The van der Waals surface area contributed by atoms with E-state index in [1.165, 1.54) is 0 Å². The average molecular weight is 475 g/mol. The standard InChI is InChI=1S/C28H34N4O3/c1-27(2,3)35-26(34)31-15-13-28(4,5)22-9-7-20(8-10-22)25(33)30-14-12-19-6-11-24-23(16-19)21(17-29)18-32-24/h6-11,16,18,32H,12-15H2,1-5H3,(H,30,33)(H,31,34). The fraction of sp³-hybridized carbons (Fsp3) is 0.393. The van der Waals surface area contributed by atoms with Crippen LogP contribution < -0.4 is 10.6 Å². The number of nitriles is 1. The van der Waals surface area contributed by atoms with Crippen molar-refractivity contribution in [1.82, 2.24) is 15.6 Å². The van der Waals surface area contributed by atoms with Crippen molar-refractivity contribution in [2.75, 3.05) is 13.1 Å². The molecule has 184 valence electrons. The number of amides is 2. The molecule has 2 aromatic carbocycles. The number of hydrogen-bond donors (Lipinski definition) is 3. The number of aromatic amines is 1. The van der Waals surface area contributed by atoms with E-state index in [0.717, 1.165) is 28.5 Å². The summed E-state index contributed by atoms with van der Waals surface area (Å²) >= 11 is 0. The van der Waals surface area contributed by atoms with E-state index < -0.39 is 11.7 Å². The minimum absolute atomic E-state index is 0.124. The SMILES string of the molecule is CC(C)(C)OC(=O)NCCC(C)(C)c1ccc(C(=O)NCCc2ccc3[nH]cc(C#N)c3c2)cc1. The fourth-order valence-corrected chi connectivity index (χ4v) is 3.85. The summed E-state index contributed by atoms with van der Waals surface area (Å²) in [7, 11) is 0. The Balaban J connectivity index is 1.50. The molecule has 0 fully saturated rings. The molecule has 3 N–H and O–H groups in total. The van der Waals surface area contributed by atoms with Crippen LogP contribution in [-0.2, 0) is 16.6 Å². The van der Waals surface area contributed by atoms with Crippen LogP contribution in [0.25, 0.3) is 10.9 Å². The summed E-state index contributed by atoms with van der Waals surface area (Å²) < 4.78 is 5.28. The summed E-state index contributed by atoms with van der Waals surface area (Å²) in [4.78, 5) is 27.6. The van der Waals surface area contributed by atoms with Gasteiger partial charge in [0.15, 0.2) is 0 Å². The van der Waals surface area contributed by atoms with Gasteiger partial charge in [-0.2, -0.15) is 5.26 Å². The Labute approximate surface area is 206 Å². The van der Waals surface area contributed by atoms with Gasteiger partial charge in [0.2, 0.25) is 0 Å². The first kappa shape index (κ1) is 25.8. The largest absolute Gasteiger partial charge is 0.444 e. The van der Waals surface area contributed by atoms with Crippen molar-refractivity contribution in [2.45, 2.75) is 58.5 Å². The van der Waals surface area contributed by atoms with Crippen LogP contribution in [-0.4, -0.2) is 35.7 Å². The van der Waals surface area contributed by atoms with E-state index in [9.17, 15) is 14.9 Å². The van der Waals surface area contributed by atoms with E-state index in [1.807, 2.05) is 63.2 Å². The van der Waals surface area contributed by atoms with Gasteiger partial charge in [0.05, 0.1) is 5.56 Å². The Kier molecular flexibility index (Phi) is 7.85. The molecule has 0 spiro atoms. The van der Waals surface area contributed by atoms with Gasteiger partial charge in [-0.1, -0.05) is 32.0 Å². The second-order valence-corrected chi connectivity index (χ2v) is 10.3. The van der Waals surface area contributed by atoms with Crippen molar-refractivity contribution < 1.29 is 14.3 Å². The zero-order valence-corrected chi connectivity index (χ0v) is 21.1. The monoisotopic (exact) mass is 474 g/mol. The van der Waals surface area contributed by atoms with Crippen LogP contribution >= 0.6 is 0 Å². The number of alkyl carbamates (subject to hydrolysis) is 1. The number of H-pyrrole nitrogens is 1. The molecule has 7 nitrogen and oxygen atoms in total. The molecule has 0 unspecified atom stereocenters. The number of fused-ring (bicyclic) bond motifs is 1. The second-order valence-electron chi connectivity index (χ2n) is 10.3. The molecular weight excluding hydrogens is 440 g/mol. The van der Waals surface area contributed by atoms with Gasteiger partial charge >= 0.3 is 6.09 Å². The molecular formula is C28H34N4O3. The predicted molar refractivity (Wildman–Crippen MR) is 137 cm³/mol. The molecule has 3 aromatic rings. The first-order chi connectivity index (χ1) is 16.5. The molecule has 2 amide bonds. The fourth-order valence-electron chi connectivity index (χ4n) is 3.85. The highest BCUT2D eigenvalue weighted by molar-refractivity contribution is 5.94. The van der Waals surface area contributed by atoms with Crippen molar-refractivity contribution in [2.24, 2.45) is 0 Å². The molecule has 0 aliphatic heterocycles. The summed E-state index contributed by atoms with van der Waals surface area (Å²) in [6.07, 6.45) is 2.70. The molecule has 1 aromatic heterocycles. The molecule has 0 saturated carbocycles. The van der Waals surface area contributed by atoms with Gasteiger partial charge in [-0.3, -0.25) is 4.79 Å². The number of carbonyl (C=O) groups is 2. The van der Waals surface area contributed by atoms with Crippen molar-refractivity contribution in [3.8, 4) is 6.07 Å². The van der Waals surface area contributed by atoms with Gasteiger partial charge in [-0.25, -0.2) is 4.79 Å². The second kappa shape index (κ2) is 10.6. The molecule has 0 aliphatic rings. The summed E-state index contributed by atoms with van der Waals surface area (Å²) in [5.74, 6) is -0.124. The molecule has 0 bridgehead atoms. The molecule has 0 aliphatic carbocycles. The van der Waals surface area contributed by atoms with Crippen LogP contribution in [0.5, 0.6) is 0 Å². The van der Waals surface area contributed by atoms with E-state index in [-0.39, 0.29) is 11.3 Å². The van der Waals surface area contributed by atoms with Crippen molar-refractivity contribution in [3.05, 3.63) is 70.9 Å². The Morgan fingerprint density at radius 2 is 1.71 bits per heavy atom. The number of carbonyl (C=O) groups excluding carboxylic acids is 2. The van der Waals surface area contributed by atoms with E-state index in [0.29, 0.717) is 30.6 Å². The van der Waals surface area contributed by atoms with Crippen molar-refractivity contribution in [3.63, 3.8) is 0 Å². The van der Waals surface area contributed by atoms with E-state index in [2.05, 4.69) is 35.5 Å². The van der Waals surface area contributed by atoms with Crippen LogP contribution in [0.2, 0.25) is 0 Å². The van der Waals surface area contributed by atoms with E-state index in [1.54, 1.807) is 6.20 Å². The molecule has 3 rings (SSSR count). The lowest BCUT2D eigenvalue weighted by molar-refractivity contribution is 0.0524. The molecule has 0 radical (unpaired) electrons. The number of rotatable bonds is 8. The van der Waals surface area contributed by atoms with Crippen LogP contribution in [0.3, 0.4) is 0 Å². The summed E-state index contributed by atoms with van der Waals surface area (Å²) in [6.45, 7) is 10.7. The number of nitrogens with zero attached hydrogens (tertiary/aromatic N) is 1. The third-order valence-corrected chi connectivity index (χ3v) is 5.91. The number of nitrogens with one attached hydrogen (secondary N) is 3. The maximum absolute atomic E-state index is 12.6. The minimum Gasteiger partial charge on any atom is -0.444 e. The Hall–Kier alpha value is -3.79. The lowest BCUT2D eigenvalue weighted by atomic mass is 9.81. The zero-order chi connectivity index (χ0) is 25.6. The van der Waals surface area contributed by atoms with Gasteiger partial charge in [-0.15, -0.1) is 0 Å². The first-order valence-corrected chi connectivity index (χ1v) is 11.8. The number of benzene rings is 2. The normalized spacial score (nSPS) is 11.7. The number of hydrogen-bond acceptors (Lipinski definition) is 4. The lowest BCUT2D eigenvalue weighted by Gasteiger charge is -2.26. The number of ether oxygens (including phenoxy) is 1. The lowest BCUT2D eigenvalue weighted by Crippen LogP contribution is -2.35. The Bertz CT molecular complexity index is 1230. The Morgan fingerprint density at radius 1 is 1.00 bits per heavy atom. The maximum Gasteiger partial charge on any atom is 0.407 e. The molecule has 35 heavy (non-hydrogen) atoms. The summed E-state index contributed by atoms with van der Waals surface area (Å²) in [6, 6.07) is 15.7. The Morgan fingerprint density at radius 3 is 2.37 bits per heavy atom. The highest BCUT2D eigenvalue weighted by atomic mass is 16.6. The smallest absolute Gasteiger partial charge is 0.407 e. The van der Waals surface area contributed by atoms with E-state index >= 15 is 0 Å². The van der Waals surface area contributed by atoms with E-state index in [4.69, 9.17) is 4.74 Å².